The van der Waals surface area contributed by atoms with E-state index < -0.39 is 0 Å². The molecule has 1 fully saturated rings. The number of hydrogen-bond acceptors (Lipinski definition) is 3. The van der Waals surface area contributed by atoms with Gasteiger partial charge < -0.3 is 9.64 Å². The first kappa shape index (κ1) is 17.0. The summed E-state index contributed by atoms with van der Waals surface area (Å²) in [6.07, 6.45) is 2.10. The average molecular weight is 343 g/mol. The lowest BCUT2D eigenvalue weighted by atomic mass is 9.95. The van der Waals surface area contributed by atoms with Crippen molar-refractivity contribution in [2.45, 2.75) is 38.5 Å². The number of hydrogen-bond donors (Lipinski definition) is 0. The Kier molecular flexibility index (Phi) is 5.56. The van der Waals surface area contributed by atoms with E-state index in [2.05, 4.69) is 43.5 Å². The van der Waals surface area contributed by atoms with Gasteiger partial charge in [0.2, 0.25) is 0 Å². The van der Waals surface area contributed by atoms with Crippen molar-refractivity contribution in [3.63, 3.8) is 0 Å². The van der Waals surface area contributed by atoms with Crippen molar-refractivity contribution in [1.82, 2.24) is 4.90 Å². The summed E-state index contributed by atoms with van der Waals surface area (Å²) in [7, 11) is 0. The summed E-state index contributed by atoms with van der Waals surface area (Å²) >= 11 is 1.82. The molecule has 1 aliphatic heterocycles. The van der Waals surface area contributed by atoms with Crippen LogP contribution in [0.4, 0.5) is 0 Å². The van der Waals surface area contributed by atoms with E-state index in [-0.39, 0.29) is 12.5 Å². The molecule has 2 aromatic rings. The molecule has 0 radical (unpaired) electrons. The van der Waals surface area contributed by atoms with E-state index in [0.29, 0.717) is 11.8 Å². The van der Waals surface area contributed by atoms with Gasteiger partial charge in [0, 0.05) is 18.0 Å². The minimum Gasteiger partial charge on any atom is -0.484 e. The summed E-state index contributed by atoms with van der Waals surface area (Å²) in [5.74, 6) is 1.97. The van der Waals surface area contributed by atoms with Crippen molar-refractivity contribution < 1.29 is 9.53 Å². The Bertz CT molecular complexity index is 641. The smallest absolute Gasteiger partial charge is 0.260 e. The maximum atomic E-state index is 12.3. The van der Waals surface area contributed by atoms with Crippen molar-refractivity contribution in [2.24, 2.45) is 0 Å². The average Bonchev–Trinajstić information content (AvgIpc) is 3.15. The number of thiophene rings is 1. The van der Waals surface area contributed by atoms with Crippen LogP contribution < -0.4 is 4.74 Å². The van der Waals surface area contributed by atoms with E-state index in [1.54, 1.807) is 0 Å². The lowest BCUT2D eigenvalue weighted by Crippen LogP contribution is -2.40. The van der Waals surface area contributed by atoms with Crippen molar-refractivity contribution in [2.75, 3.05) is 19.7 Å². The standard InChI is InChI=1S/C20H25NO2S/c1-15(2)16-5-7-18(8-6-16)23-14-20(22)21-11-9-17(10-12-21)19-4-3-13-24-19/h3-8,13,15,17H,9-12,14H2,1-2H3. The number of nitrogens with zero attached hydrogens (tertiary/aromatic N) is 1. The Morgan fingerprint density at radius 2 is 1.92 bits per heavy atom. The van der Waals surface area contributed by atoms with Crippen LogP contribution in [-0.2, 0) is 4.79 Å². The molecule has 0 aliphatic carbocycles. The molecule has 128 valence electrons. The lowest BCUT2D eigenvalue weighted by Gasteiger charge is -2.31. The molecule has 0 saturated carbocycles. The highest BCUT2D eigenvalue weighted by Gasteiger charge is 2.24. The topological polar surface area (TPSA) is 29.5 Å². The first-order valence-corrected chi connectivity index (χ1v) is 9.55. The molecule has 1 aliphatic rings. The summed E-state index contributed by atoms with van der Waals surface area (Å²) in [6.45, 7) is 6.12. The highest BCUT2D eigenvalue weighted by Crippen LogP contribution is 2.31. The number of amides is 1. The zero-order valence-electron chi connectivity index (χ0n) is 14.4. The number of carbonyl (C=O) groups excluding carboxylic acids is 1. The van der Waals surface area contributed by atoms with Crippen molar-refractivity contribution in [1.29, 1.82) is 0 Å². The summed E-state index contributed by atoms with van der Waals surface area (Å²) in [6, 6.07) is 12.3. The normalized spacial score (nSPS) is 15.7. The van der Waals surface area contributed by atoms with Gasteiger partial charge in [0.1, 0.15) is 5.75 Å². The van der Waals surface area contributed by atoms with Crippen LogP contribution in [0.3, 0.4) is 0 Å². The molecule has 1 aromatic heterocycles. The van der Waals surface area contributed by atoms with Crippen LogP contribution in [0.1, 0.15) is 49.0 Å². The SMILES string of the molecule is CC(C)c1ccc(OCC(=O)N2CCC(c3cccs3)CC2)cc1. The molecule has 4 heteroatoms. The van der Waals surface area contributed by atoms with Crippen molar-refractivity contribution >= 4 is 17.2 Å². The molecule has 3 rings (SSSR count). The molecule has 0 N–H and O–H groups in total. The van der Waals surface area contributed by atoms with Crippen LogP contribution >= 0.6 is 11.3 Å². The molecule has 0 atom stereocenters. The van der Waals surface area contributed by atoms with E-state index in [4.69, 9.17) is 4.74 Å². The zero-order valence-corrected chi connectivity index (χ0v) is 15.2. The first-order chi connectivity index (χ1) is 11.6. The fourth-order valence-corrected chi connectivity index (χ4v) is 4.02. The van der Waals surface area contributed by atoms with Gasteiger partial charge in [-0.25, -0.2) is 0 Å². The highest BCUT2D eigenvalue weighted by atomic mass is 32.1. The van der Waals surface area contributed by atoms with Gasteiger partial charge in [-0.3, -0.25) is 4.79 Å². The highest BCUT2D eigenvalue weighted by molar-refractivity contribution is 7.10. The van der Waals surface area contributed by atoms with Gasteiger partial charge in [-0.15, -0.1) is 11.3 Å². The minimum atomic E-state index is 0.0903. The number of carbonyl (C=O) groups is 1. The van der Waals surface area contributed by atoms with Crippen LogP contribution in [0.2, 0.25) is 0 Å². The van der Waals surface area contributed by atoms with Crippen molar-refractivity contribution in [3.8, 4) is 5.75 Å². The third-order valence-corrected chi connectivity index (χ3v) is 5.74. The predicted molar refractivity (Wildman–Crippen MR) is 98.9 cm³/mol. The number of benzene rings is 1. The predicted octanol–water partition coefficient (Wildman–Crippen LogP) is 4.66. The van der Waals surface area contributed by atoms with Gasteiger partial charge in [0.05, 0.1) is 0 Å². The molecule has 2 heterocycles. The third-order valence-electron chi connectivity index (χ3n) is 4.70. The van der Waals surface area contributed by atoms with E-state index in [1.807, 2.05) is 28.4 Å². The molecular formula is C20H25NO2S. The molecule has 0 spiro atoms. The van der Waals surface area contributed by atoms with Crippen LogP contribution in [0.5, 0.6) is 5.75 Å². The Balaban J connectivity index is 1.46. The van der Waals surface area contributed by atoms with E-state index in [9.17, 15) is 4.79 Å². The summed E-state index contributed by atoms with van der Waals surface area (Å²) in [4.78, 5) is 15.7. The maximum Gasteiger partial charge on any atom is 0.260 e. The summed E-state index contributed by atoms with van der Waals surface area (Å²) in [5, 5.41) is 2.13. The zero-order chi connectivity index (χ0) is 16.9. The van der Waals surface area contributed by atoms with Crippen molar-refractivity contribution in [3.05, 3.63) is 52.2 Å². The van der Waals surface area contributed by atoms with Gasteiger partial charge in [0.25, 0.3) is 5.91 Å². The number of piperidine rings is 1. The second kappa shape index (κ2) is 7.84. The maximum absolute atomic E-state index is 12.3. The number of likely N-dealkylation sites (tertiary alicyclic amines) is 1. The quantitative estimate of drug-likeness (QED) is 0.790. The summed E-state index contributed by atoms with van der Waals surface area (Å²) in [5.41, 5.74) is 1.28. The van der Waals surface area contributed by atoms with Crippen LogP contribution in [0.25, 0.3) is 0 Å². The molecule has 1 saturated heterocycles. The lowest BCUT2D eigenvalue weighted by molar-refractivity contribution is -0.134. The molecular weight excluding hydrogens is 318 g/mol. The monoisotopic (exact) mass is 343 g/mol. The Hall–Kier alpha value is -1.81. The summed E-state index contributed by atoms with van der Waals surface area (Å²) < 4.78 is 5.67. The van der Waals surface area contributed by atoms with Gasteiger partial charge in [0.15, 0.2) is 6.61 Å². The third kappa shape index (κ3) is 4.18. The van der Waals surface area contributed by atoms with Gasteiger partial charge >= 0.3 is 0 Å². The number of ether oxygens (including phenoxy) is 1. The first-order valence-electron chi connectivity index (χ1n) is 8.67. The Labute approximate surface area is 148 Å². The molecule has 0 bridgehead atoms. The second-order valence-electron chi connectivity index (χ2n) is 6.68. The Morgan fingerprint density at radius 3 is 2.50 bits per heavy atom. The molecule has 3 nitrogen and oxygen atoms in total. The number of rotatable bonds is 5. The van der Waals surface area contributed by atoms with Crippen LogP contribution in [0, 0.1) is 0 Å². The van der Waals surface area contributed by atoms with E-state index in [0.717, 1.165) is 31.7 Å². The van der Waals surface area contributed by atoms with Crippen LogP contribution in [-0.4, -0.2) is 30.5 Å². The second-order valence-corrected chi connectivity index (χ2v) is 7.66. The van der Waals surface area contributed by atoms with Gasteiger partial charge in [-0.1, -0.05) is 32.0 Å². The largest absolute Gasteiger partial charge is 0.484 e. The minimum absolute atomic E-state index is 0.0903. The molecule has 0 unspecified atom stereocenters. The fourth-order valence-electron chi connectivity index (χ4n) is 3.12. The van der Waals surface area contributed by atoms with Crippen LogP contribution in [0.15, 0.2) is 41.8 Å². The van der Waals surface area contributed by atoms with Gasteiger partial charge in [-0.2, -0.15) is 0 Å². The fraction of sp³-hybridized carbons (Fsp3) is 0.450. The Morgan fingerprint density at radius 1 is 1.21 bits per heavy atom. The van der Waals surface area contributed by atoms with E-state index in [1.165, 1.54) is 10.4 Å². The molecule has 1 aromatic carbocycles. The van der Waals surface area contributed by atoms with E-state index >= 15 is 0 Å². The van der Waals surface area contributed by atoms with Gasteiger partial charge in [-0.05, 0) is 53.8 Å². The molecule has 24 heavy (non-hydrogen) atoms. The molecule has 1 amide bonds.